The van der Waals surface area contributed by atoms with Gasteiger partial charge in [0.2, 0.25) is 5.91 Å². The summed E-state index contributed by atoms with van der Waals surface area (Å²) in [6.07, 6.45) is 6.72. The Morgan fingerprint density at radius 3 is 2.92 bits per heavy atom. The number of carbonyl (C=O) groups is 1. The summed E-state index contributed by atoms with van der Waals surface area (Å²) in [7, 11) is 1.90. The highest BCUT2D eigenvalue weighted by atomic mass is 19.1. The third-order valence-electron chi connectivity index (χ3n) is 5.49. The molecule has 1 aromatic heterocycles. The number of rotatable bonds is 6. The van der Waals surface area contributed by atoms with Crippen molar-refractivity contribution in [2.45, 2.75) is 31.2 Å². The molecule has 2 fully saturated rings. The standard InChI is InChI=1S/C20H25FN4O/c1-24-13-15(10-23-24)18-11-22-12-19(18)20(26)25(17-5-6-17)8-7-14-3-2-4-16(21)9-14/h2-4,9-10,13,17-19,22H,5-8,11-12H2,1H3/t18-,19+/m1/s1. The highest BCUT2D eigenvalue weighted by Crippen LogP contribution is 2.34. The van der Waals surface area contributed by atoms with Crippen LogP contribution in [-0.2, 0) is 18.3 Å². The van der Waals surface area contributed by atoms with Crippen molar-refractivity contribution in [1.29, 1.82) is 0 Å². The topological polar surface area (TPSA) is 50.2 Å². The molecule has 1 aromatic carbocycles. The number of nitrogens with zero attached hydrogens (tertiary/aromatic N) is 3. The van der Waals surface area contributed by atoms with Crippen molar-refractivity contribution in [3.63, 3.8) is 0 Å². The molecule has 4 rings (SSSR count). The molecule has 0 radical (unpaired) electrons. The predicted molar refractivity (Wildman–Crippen MR) is 97.1 cm³/mol. The Bertz CT molecular complexity index is 786. The Morgan fingerprint density at radius 1 is 1.38 bits per heavy atom. The van der Waals surface area contributed by atoms with Gasteiger partial charge in [-0.2, -0.15) is 5.10 Å². The van der Waals surface area contributed by atoms with Gasteiger partial charge in [0.25, 0.3) is 0 Å². The van der Waals surface area contributed by atoms with Crippen LogP contribution in [0.5, 0.6) is 0 Å². The van der Waals surface area contributed by atoms with E-state index in [1.165, 1.54) is 6.07 Å². The van der Waals surface area contributed by atoms with Gasteiger partial charge >= 0.3 is 0 Å². The average molecular weight is 356 g/mol. The lowest BCUT2D eigenvalue weighted by molar-refractivity contribution is -0.136. The minimum atomic E-state index is -0.219. The van der Waals surface area contributed by atoms with Crippen LogP contribution in [0.4, 0.5) is 4.39 Å². The Kier molecular flexibility index (Phi) is 4.76. The van der Waals surface area contributed by atoms with Gasteiger partial charge in [-0.3, -0.25) is 9.48 Å². The smallest absolute Gasteiger partial charge is 0.227 e. The van der Waals surface area contributed by atoms with Crippen molar-refractivity contribution in [1.82, 2.24) is 20.0 Å². The molecule has 2 aromatic rings. The van der Waals surface area contributed by atoms with E-state index in [1.807, 2.05) is 30.4 Å². The molecule has 2 atom stereocenters. The van der Waals surface area contributed by atoms with E-state index >= 15 is 0 Å². The van der Waals surface area contributed by atoms with E-state index in [4.69, 9.17) is 0 Å². The lowest BCUT2D eigenvalue weighted by Gasteiger charge is -2.28. The van der Waals surface area contributed by atoms with Gasteiger partial charge in [0.05, 0.1) is 12.1 Å². The average Bonchev–Trinajstić information content (AvgIpc) is 3.17. The summed E-state index contributed by atoms with van der Waals surface area (Å²) >= 11 is 0. The molecule has 0 spiro atoms. The van der Waals surface area contributed by atoms with Gasteiger partial charge in [-0.05, 0) is 42.5 Å². The zero-order valence-electron chi connectivity index (χ0n) is 15.1. The third-order valence-corrected chi connectivity index (χ3v) is 5.49. The lowest BCUT2D eigenvalue weighted by atomic mass is 9.89. The molecule has 0 bridgehead atoms. The fourth-order valence-electron chi connectivity index (χ4n) is 3.93. The second-order valence-corrected chi connectivity index (χ2v) is 7.46. The van der Waals surface area contributed by atoms with Gasteiger partial charge in [-0.15, -0.1) is 0 Å². The van der Waals surface area contributed by atoms with Crippen molar-refractivity contribution in [2.75, 3.05) is 19.6 Å². The van der Waals surface area contributed by atoms with Crippen LogP contribution in [0.3, 0.4) is 0 Å². The minimum absolute atomic E-state index is 0.0488. The zero-order valence-corrected chi connectivity index (χ0v) is 15.1. The Hall–Kier alpha value is -2.21. The molecule has 1 amide bonds. The largest absolute Gasteiger partial charge is 0.339 e. The van der Waals surface area contributed by atoms with Crippen molar-refractivity contribution in [3.8, 4) is 0 Å². The number of carbonyl (C=O) groups excluding carboxylic acids is 1. The fourth-order valence-corrected chi connectivity index (χ4v) is 3.93. The summed E-state index contributed by atoms with van der Waals surface area (Å²) in [5.74, 6) is 0.130. The number of aryl methyl sites for hydroxylation is 1. The maximum atomic E-state index is 13.4. The van der Waals surface area contributed by atoms with E-state index in [0.29, 0.717) is 25.6 Å². The van der Waals surface area contributed by atoms with Crippen LogP contribution in [-0.4, -0.2) is 46.3 Å². The molecule has 6 heteroatoms. The molecule has 2 aliphatic rings. The summed E-state index contributed by atoms with van der Waals surface area (Å²) in [5, 5.41) is 7.63. The number of aromatic nitrogens is 2. The molecule has 26 heavy (non-hydrogen) atoms. The van der Waals surface area contributed by atoms with E-state index in [0.717, 1.165) is 30.5 Å². The van der Waals surface area contributed by atoms with E-state index < -0.39 is 0 Å². The molecule has 1 saturated carbocycles. The first-order valence-corrected chi connectivity index (χ1v) is 9.36. The van der Waals surface area contributed by atoms with Crippen LogP contribution in [0.25, 0.3) is 0 Å². The van der Waals surface area contributed by atoms with Gasteiger partial charge in [0, 0.05) is 44.8 Å². The maximum absolute atomic E-state index is 13.4. The van der Waals surface area contributed by atoms with Gasteiger partial charge in [0.15, 0.2) is 0 Å². The van der Waals surface area contributed by atoms with E-state index in [9.17, 15) is 9.18 Å². The molecule has 5 nitrogen and oxygen atoms in total. The number of nitrogens with one attached hydrogen (secondary N) is 1. The van der Waals surface area contributed by atoms with Crippen LogP contribution < -0.4 is 5.32 Å². The van der Waals surface area contributed by atoms with E-state index in [1.54, 1.807) is 16.8 Å². The molecular weight excluding hydrogens is 331 g/mol. The zero-order chi connectivity index (χ0) is 18.1. The predicted octanol–water partition coefficient (Wildman–Crippen LogP) is 2.10. The second kappa shape index (κ2) is 7.19. The molecule has 1 N–H and O–H groups in total. The number of hydrogen-bond acceptors (Lipinski definition) is 3. The van der Waals surface area contributed by atoms with Crippen LogP contribution in [0.15, 0.2) is 36.7 Å². The number of halogens is 1. The lowest BCUT2D eigenvalue weighted by Crippen LogP contribution is -2.41. The van der Waals surface area contributed by atoms with Gasteiger partial charge in [0.1, 0.15) is 5.82 Å². The Labute approximate surface area is 153 Å². The Morgan fingerprint density at radius 2 is 2.23 bits per heavy atom. The molecule has 1 aliphatic heterocycles. The highest BCUT2D eigenvalue weighted by molar-refractivity contribution is 5.81. The first-order chi connectivity index (χ1) is 12.6. The number of hydrogen-bond donors (Lipinski definition) is 1. The van der Waals surface area contributed by atoms with Crippen LogP contribution in [0, 0.1) is 11.7 Å². The summed E-state index contributed by atoms with van der Waals surface area (Å²) < 4.78 is 15.2. The quantitative estimate of drug-likeness (QED) is 0.862. The van der Waals surface area contributed by atoms with Crippen molar-refractivity contribution >= 4 is 5.91 Å². The van der Waals surface area contributed by atoms with Crippen LogP contribution >= 0.6 is 0 Å². The van der Waals surface area contributed by atoms with Crippen molar-refractivity contribution < 1.29 is 9.18 Å². The molecule has 0 unspecified atom stereocenters. The summed E-state index contributed by atoms with van der Waals surface area (Å²) in [6.45, 7) is 2.18. The van der Waals surface area contributed by atoms with E-state index in [-0.39, 0.29) is 23.6 Å². The van der Waals surface area contributed by atoms with Crippen molar-refractivity contribution in [3.05, 3.63) is 53.6 Å². The molecule has 2 heterocycles. The Balaban J connectivity index is 1.46. The van der Waals surface area contributed by atoms with Gasteiger partial charge < -0.3 is 10.2 Å². The fraction of sp³-hybridized carbons (Fsp3) is 0.500. The van der Waals surface area contributed by atoms with Crippen molar-refractivity contribution in [2.24, 2.45) is 13.0 Å². The minimum Gasteiger partial charge on any atom is -0.339 e. The molecule has 138 valence electrons. The second-order valence-electron chi connectivity index (χ2n) is 7.46. The molecule has 1 saturated heterocycles. The first kappa shape index (κ1) is 17.2. The summed E-state index contributed by atoms with van der Waals surface area (Å²) in [4.78, 5) is 15.3. The third kappa shape index (κ3) is 3.65. The first-order valence-electron chi connectivity index (χ1n) is 9.36. The van der Waals surface area contributed by atoms with E-state index in [2.05, 4.69) is 10.4 Å². The van der Waals surface area contributed by atoms with Crippen LogP contribution in [0.2, 0.25) is 0 Å². The number of benzene rings is 1. The highest BCUT2D eigenvalue weighted by Gasteiger charge is 2.41. The van der Waals surface area contributed by atoms with Crippen LogP contribution in [0.1, 0.15) is 29.9 Å². The molecular formula is C20H25FN4O. The monoisotopic (exact) mass is 356 g/mol. The molecule has 1 aliphatic carbocycles. The van der Waals surface area contributed by atoms with Gasteiger partial charge in [-0.1, -0.05) is 12.1 Å². The summed E-state index contributed by atoms with van der Waals surface area (Å²) in [6, 6.07) is 7.02. The normalized spacial score (nSPS) is 22.5. The number of amides is 1. The summed E-state index contributed by atoms with van der Waals surface area (Å²) in [5.41, 5.74) is 2.06. The SMILES string of the molecule is Cn1cc([C@H]2CNC[C@@H]2C(=O)N(CCc2cccc(F)c2)C2CC2)cn1. The van der Waals surface area contributed by atoms with Gasteiger partial charge in [-0.25, -0.2) is 4.39 Å². The maximum Gasteiger partial charge on any atom is 0.227 e.